The highest BCUT2D eigenvalue weighted by molar-refractivity contribution is 5.97. The van der Waals surface area contributed by atoms with E-state index >= 15 is 0 Å². The van der Waals surface area contributed by atoms with Crippen molar-refractivity contribution in [2.24, 2.45) is 26.1 Å². The van der Waals surface area contributed by atoms with Crippen LogP contribution in [0, 0.1) is 5.41 Å². The van der Waals surface area contributed by atoms with E-state index in [0.29, 0.717) is 75.3 Å². The first kappa shape index (κ1) is 45.7. The van der Waals surface area contributed by atoms with Gasteiger partial charge in [0.05, 0.1) is 91.3 Å². The summed E-state index contributed by atoms with van der Waals surface area (Å²) < 4.78 is 35.1. The topological polar surface area (TPSA) is 199 Å². The maximum atomic E-state index is 9.90. The molecular weight excluding hydrogens is 720 g/mol. The lowest BCUT2D eigenvalue weighted by molar-refractivity contribution is -0.0906. The fourth-order valence-electron chi connectivity index (χ4n) is 5.40. The number of hydrogen-bond donors (Lipinski definition) is 5. The number of nitrogens with two attached hydrogens (primary N) is 1. The number of benzene rings is 3. The first-order valence-electron chi connectivity index (χ1n) is 18.7. The third-order valence-corrected chi connectivity index (χ3v) is 8.94. The van der Waals surface area contributed by atoms with Gasteiger partial charge in [-0.2, -0.15) is 0 Å². The first-order chi connectivity index (χ1) is 26.8. The zero-order valence-corrected chi connectivity index (χ0v) is 33.7. The molecule has 3 aromatic rings. The van der Waals surface area contributed by atoms with E-state index in [-0.39, 0.29) is 53.9 Å². The van der Waals surface area contributed by atoms with Gasteiger partial charge in [-0.05, 0) is 99.8 Å². The molecule has 0 spiro atoms. The molecule has 3 aromatic carbocycles. The molecule has 5 atom stereocenters. The molecule has 0 aromatic heterocycles. The Hall–Kier alpha value is -4.73. The predicted molar refractivity (Wildman–Crippen MR) is 218 cm³/mol. The summed E-state index contributed by atoms with van der Waals surface area (Å²) in [7, 11) is 3.00. The third-order valence-electron chi connectivity index (χ3n) is 8.94. The lowest BCUT2D eigenvalue weighted by Crippen LogP contribution is -2.39. The molecule has 5 unspecified atom stereocenters. The van der Waals surface area contributed by atoms with E-state index in [9.17, 15) is 20.4 Å². The Labute approximate surface area is 330 Å². The lowest BCUT2D eigenvalue weighted by atomic mass is 9.88. The SMILES string of the molecule is CCC(COCC(C)N=Cc1ccc(O)c(OC)c1)(COCC(C)/N=C(\N)c1ccc(O)c(CO)c1)COCC(C)OCC(C)/N=C/c1ccc(O)c(OC)c1. The molecule has 0 heterocycles. The van der Waals surface area contributed by atoms with Crippen molar-refractivity contribution >= 4 is 18.3 Å². The van der Waals surface area contributed by atoms with Crippen LogP contribution in [0.5, 0.6) is 28.7 Å². The monoisotopic (exact) mass is 780 g/mol. The number of phenolic OH excluding ortho intramolecular Hbond substituents is 2. The lowest BCUT2D eigenvalue weighted by Gasteiger charge is -2.33. The van der Waals surface area contributed by atoms with Gasteiger partial charge in [-0.3, -0.25) is 15.0 Å². The maximum absolute atomic E-state index is 9.90. The minimum absolute atomic E-state index is 0.00621. The molecule has 0 aliphatic rings. The van der Waals surface area contributed by atoms with Crippen LogP contribution in [0.25, 0.3) is 0 Å². The average Bonchev–Trinajstić information content (AvgIpc) is 3.19. The van der Waals surface area contributed by atoms with Gasteiger partial charge in [0.2, 0.25) is 0 Å². The number of aliphatic hydroxyl groups excluding tert-OH is 1. The number of methoxy groups -OCH3 is 2. The molecule has 3 rings (SSSR count). The van der Waals surface area contributed by atoms with Gasteiger partial charge in [-0.15, -0.1) is 0 Å². The fourth-order valence-corrected chi connectivity index (χ4v) is 5.40. The van der Waals surface area contributed by atoms with Crippen LogP contribution in [0.15, 0.2) is 69.6 Å². The molecule has 0 radical (unpaired) electrons. The molecule has 14 nitrogen and oxygen atoms in total. The smallest absolute Gasteiger partial charge is 0.161 e. The number of aliphatic imine (C=N–C) groups is 3. The van der Waals surface area contributed by atoms with Crippen molar-refractivity contribution in [1.82, 2.24) is 0 Å². The highest BCUT2D eigenvalue weighted by Crippen LogP contribution is 2.28. The van der Waals surface area contributed by atoms with Gasteiger partial charge < -0.3 is 54.6 Å². The third kappa shape index (κ3) is 15.1. The van der Waals surface area contributed by atoms with Crippen LogP contribution in [0.3, 0.4) is 0 Å². The van der Waals surface area contributed by atoms with E-state index in [4.69, 9.17) is 34.2 Å². The van der Waals surface area contributed by atoms with Crippen LogP contribution in [0.1, 0.15) is 63.3 Å². The first-order valence-corrected chi connectivity index (χ1v) is 18.7. The van der Waals surface area contributed by atoms with Gasteiger partial charge in [0.25, 0.3) is 0 Å². The van der Waals surface area contributed by atoms with Gasteiger partial charge >= 0.3 is 0 Å². The molecule has 0 saturated heterocycles. The second kappa shape index (κ2) is 23.4. The van der Waals surface area contributed by atoms with Crippen molar-refractivity contribution in [2.75, 3.05) is 60.5 Å². The van der Waals surface area contributed by atoms with E-state index in [2.05, 4.69) is 21.9 Å². The van der Waals surface area contributed by atoms with Crippen molar-refractivity contribution in [3.63, 3.8) is 0 Å². The maximum Gasteiger partial charge on any atom is 0.161 e. The summed E-state index contributed by atoms with van der Waals surface area (Å²) in [4.78, 5) is 13.7. The van der Waals surface area contributed by atoms with Gasteiger partial charge in [0, 0.05) is 29.0 Å². The Morgan fingerprint density at radius 3 is 1.71 bits per heavy atom. The number of aliphatic hydroxyl groups is 1. The quantitative estimate of drug-likeness (QED) is 0.0554. The molecule has 56 heavy (non-hydrogen) atoms. The molecule has 0 aliphatic carbocycles. The van der Waals surface area contributed by atoms with E-state index in [0.717, 1.165) is 11.1 Å². The Balaban J connectivity index is 1.59. The molecule has 0 aliphatic heterocycles. The highest BCUT2D eigenvalue weighted by Gasteiger charge is 2.31. The van der Waals surface area contributed by atoms with Crippen LogP contribution < -0.4 is 15.2 Å². The Bertz CT molecular complexity index is 1740. The molecule has 0 saturated carbocycles. The summed E-state index contributed by atoms with van der Waals surface area (Å²) in [5.74, 6) is 1.16. The zero-order valence-electron chi connectivity index (χ0n) is 33.7. The molecule has 0 amide bonds. The largest absolute Gasteiger partial charge is 0.508 e. The number of amidine groups is 1. The second-order valence-corrected chi connectivity index (χ2v) is 14.0. The van der Waals surface area contributed by atoms with Gasteiger partial charge in [0.1, 0.15) is 11.6 Å². The molecule has 14 heteroatoms. The van der Waals surface area contributed by atoms with Crippen molar-refractivity contribution in [2.45, 2.75) is 71.9 Å². The van der Waals surface area contributed by atoms with Crippen molar-refractivity contribution in [3.8, 4) is 28.7 Å². The van der Waals surface area contributed by atoms with Crippen LogP contribution in [-0.2, 0) is 25.6 Å². The zero-order chi connectivity index (χ0) is 41.1. The summed E-state index contributed by atoms with van der Waals surface area (Å²) in [5.41, 5.74) is 8.34. The van der Waals surface area contributed by atoms with Crippen LogP contribution in [0.4, 0.5) is 0 Å². The number of aromatic hydroxyl groups is 3. The second-order valence-electron chi connectivity index (χ2n) is 14.0. The predicted octanol–water partition coefficient (Wildman–Crippen LogP) is 5.27. The van der Waals surface area contributed by atoms with Crippen molar-refractivity contribution < 1.29 is 48.8 Å². The van der Waals surface area contributed by atoms with Crippen LogP contribution in [0.2, 0.25) is 0 Å². The highest BCUT2D eigenvalue weighted by atomic mass is 16.5. The van der Waals surface area contributed by atoms with Crippen molar-refractivity contribution in [3.05, 3.63) is 76.9 Å². The van der Waals surface area contributed by atoms with Gasteiger partial charge in [0.15, 0.2) is 23.0 Å². The molecule has 0 fully saturated rings. The number of nitrogens with zero attached hydrogens (tertiary/aromatic N) is 3. The molecular formula is C42H60N4O10. The summed E-state index contributed by atoms with van der Waals surface area (Å²) in [6, 6.07) is 14.3. The molecule has 6 N–H and O–H groups in total. The Kier molecular flexibility index (Phi) is 19.0. The van der Waals surface area contributed by atoms with E-state index in [1.54, 1.807) is 61.0 Å². The normalized spacial score (nSPS) is 15.5. The minimum Gasteiger partial charge on any atom is -0.508 e. The van der Waals surface area contributed by atoms with Crippen molar-refractivity contribution in [1.29, 1.82) is 0 Å². The Morgan fingerprint density at radius 2 is 1.20 bits per heavy atom. The minimum atomic E-state index is -0.488. The molecule has 0 bridgehead atoms. The number of hydrogen-bond acceptors (Lipinski definition) is 13. The molecule has 308 valence electrons. The number of rotatable bonds is 25. The number of phenols is 3. The van der Waals surface area contributed by atoms with E-state index in [1.165, 1.54) is 20.3 Å². The standard InChI is InChI=1S/C42H60N4O10/c1-8-42(25-53-21-28(2)44-18-32-9-12-37(49)39(15-32)51-6,26-54-22-30(4)46-41(43)34-11-14-36(48)35(17-34)20-47)27-55-24-31(5)56-23-29(3)45-19-33-10-13-38(50)40(16-33)52-7/h9-19,28-31,47-50H,8,20-27H2,1-7H3,(H2,43,46)/b44-18?,45-19+. The van der Waals surface area contributed by atoms with Crippen LogP contribution >= 0.6 is 0 Å². The summed E-state index contributed by atoms with van der Waals surface area (Å²) in [6.07, 6.45) is 3.96. The van der Waals surface area contributed by atoms with E-state index < -0.39 is 5.41 Å². The fraction of sp³-hybridized carbons (Fsp3) is 0.500. The summed E-state index contributed by atoms with van der Waals surface area (Å²) in [5, 5.41) is 39.1. The number of ether oxygens (including phenoxy) is 6. The Morgan fingerprint density at radius 1 is 0.696 bits per heavy atom. The summed E-state index contributed by atoms with van der Waals surface area (Å²) >= 11 is 0. The van der Waals surface area contributed by atoms with Crippen LogP contribution in [-0.4, -0.2) is 123 Å². The van der Waals surface area contributed by atoms with E-state index in [1.807, 2.05) is 27.7 Å². The van der Waals surface area contributed by atoms with Gasteiger partial charge in [-0.1, -0.05) is 6.92 Å². The average molecular weight is 781 g/mol. The van der Waals surface area contributed by atoms with Gasteiger partial charge in [-0.25, -0.2) is 0 Å². The summed E-state index contributed by atoms with van der Waals surface area (Å²) in [6.45, 7) is 12.0.